The van der Waals surface area contributed by atoms with Crippen molar-refractivity contribution in [2.45, 2.75) is 83.0 Å². The molecule has 0 radical (unpaired) electrons. The summed E-state index contributed by atoms with van der Waals surface area (Å²) in [5, 5.41) is 3.92. The van der Waals surface area contributed by atoms with Gasteiger partial charge < -0.3 is 15.0 Å². The van der Waals surface area contributed by atoms with Gasteiger partial charge in [-0.15, -0.1) is 0 Å². The summed E-state index contributed by atoms with van der Waals surface area (Å²) >= 11 is 0. The molecular formula is C18H33N3O2. The minimum absolute atomic E-state index is 0.152. The van der Waals surface area contributed by atoms with E-state index in [1.165, 1.54) is 38.8 Å². The molecular weight excluding hydrogens is 290 g/mol. The lowest BCUT2D eigenvalue weighted by Gasteiger charge is -2.27. The first kappa shape index (κ1) is 17.0. The van der Waals surface area contributed by atoms with E-state index in [2.05, 4.69) is 10.2 Å². The topological polar surface area (TPSA) is 44.8 Å². The number of hydrogen-bond acceptors (Lipinski definition) is 4. The molecule has 0 saturated carbocycles. The van der Waals surface area contributed by atoms with Crippen molar-refractivity contribution < 1.29 is 9.53 Å². The fraction of sp³-hybridized carbons (Fsp3) is 0.944. The van der Waals surface area contributed by atoms with Crippen LogP contribution < -0.4 is 5.32 Å². The summed E-state index contributed by atoms with van der Waals surface area (Å²) in [6.07, 6.45) is 7.13. The van der Waals surface area contributed by atoms with Crippen LogP contribution >= 0.6 is 0 Å². The third-order valence-corrected chi connectivity index (χ3v) is 5.44. The van der Waals surface area contributed by atoms with Crippen LogP contribution in [0.4, 0.5) is 4.79 Å². The Balaban J connectivity index is 1.48. The van der Waals surface area contributed by atoms with Gasteiger partial charge in [0.1, 0.15) is 5.60 Å². The van der Waals surface area contributed by atoms with E-state index in [0.717, 1.165) is 32.0 Å². The molecule has 0 aliphatic carbocycles. The van der Waals surface area contributed by atoms with Crippen LogP contribution in [0.2, 0.25) is 0 Å². The molecule has 3 saturated heterocycles. The number of nitrogens with zero attached hydrogens (tertiary/aromatic N) is 2. The Morgan fingerprint density at radius 2 is 1.78 bits per heavy atom. The van der Waals surface area contributed by atoms with Crippen molar-refractivity contribution in [1.29, 1.82) is 0 Å². The number of carbonyl (C=O) groups is 1. The summed E-state index contributed by atoms with van der Waals surface area (Å²) in [5.74, 6) is 0. The van der Waals surface area contributed by atoms with Crippen LogP contribution in [0.3, 0.4) is 0 Å². The summed E-state index contributed by atoms with van der Waals surface area (Å²) in [6.45, 7) is 9.99. The summed E-state index contributed by atoms with van der Waals surface area (Å²) in [7, 11) is 0. The van der Waals surface area contributed by atoms with Gasteiger partial charge in [0.15, 0.2) is 0 Å². The lowest BCUT2D eigenvalue weighted by atomic mass is 10.0. The van der Waals surface area contributed by atoms with Gasteiger partial charge in [-0.25, -0.2) is 4.79 Å². The smallest absolute Gasteiger partial charge is 0.410 e. The summed E-state index contributed by atoms with van der Waals surface area (Å²) in [4.78, 5) is 16.8. The Labute approximate surface area is 140 Å². The second-order valence-electron chi connectivity index (χ2n) is 8.40. The molecule has 3 heterocycles. The molecule has 5 nitrogen and oxygen atoms in total. The van der Waals surface area contributed by atoms with Gasteiger partial charge in [-0.3, -0.25) is 4.90 Å². The molecule has 3 fully saturated rings. The Kier molecular flexibility index (Phi) is 5.16. The minimum Gasteiger partial charge on any atom is -0.444 e. The van der Waals surface area contributed by atoms with Crippen LogP contribution in [-0.4, -0.2) is 65.8 Å². The highest BCUT2D eigenvalue weighted by atomic mass is 16.6. The number of carbonyl (C=O) groups excluding carboxylic acids is 1. The van der Waals surface area contributed by atoms with Crippen molar-refractivity contribution in [3.63, 3.8) is 0 Å². The predicted molar refractivity (Wildman–Crippen MR) is 91.6 cm³/mol. The largest absolute Gasteiger partial charge is 0.444 e. The highest BCUT2D eigenvalue weighted by Gasteiger charge is 2.38. The number of likely N-dealkylation sites (tertiary alicyclic amines) is 1. The highest BCUT2D eigenvalue weighted by molar-refractivity contribution is 5.68. The maximum atomic E-state index is 12.2. The molecule has 0 aromatic rings. The molecule has 3 aliphatic heterocycles. The summed E-state index contributed by atoms with van der Waals surface area (Å²) in [5.41, 5.74) is -0.406. The summed E-state index contributed by atoms with van der Waals surface area (Å²) in [6, 6.07) is 1.98. The van der Waals surface area contributed by atoms with E-state index in [9.17, 15) is 4.79 Å². The third-order valence-electron chi connectivity index (χ3n) is 5.44. The Bertz CT molecular complexity index is 421. The van der Waals surface area contributed by atoms with Gasteiger partial charge >= 0.3 is 6.09 Å². The molecule has 3 unspecified atom stereocenters. The van der Waals surface area contributed by atoms with Gasteiger partial charge in [-0.05, 0) is 65.8 Å². The number of nitrogens with one attached hydrogen (secondary N) is 1. The van der Waals surface area contributed by atoms with Crippen LogP contribution in [0, 0.1) is 0 Å². The Morgan fingerprint density at radius 1 is 1.00 bits per heavy atom. The normalized spacial score (nSPS) is 32.7. The molecule has 3 atom stereocenters. The number of amides is 1. The van der Waals surface area contributed by atoms with Gasteiger partial charge in [-0.1, -0.05) is 0 Å². The zero-order valence-electron chi connectivity index (χ0n) is 15.0. The number of ether oxygens (including phenoxy) is 1. The van der Waals surface area contributed by atoms with Gasteiger partial charge in [0.05, 0.1) is 0 Å². The first-order chi connectivity index (χ1) is 10.9. The zero-order chi connectivity index (χ0) is 16.4. The van der Waals surface area contributed by atoms with E-state index in [-0.39, 0.29) is 6.09 Å². The molecule has 1 amide bonds. The van der Waals surface area contributed by atoms with Crippen molar-refractivity contribution in [3.05, 3.63) is 0 Å². The summed E-state index contributed by atoms with van der Waals surface area (Å²) < 4.78 is 5.52. The molecule has 3 rings (SSSR count). The Morgan fingerprint density at radius 3 is 2.57 bits per heavy atom. The average Bonchev–Trinajstić information content (AvgIpc) is 2.97. The van der Waals surface area contributed by atoms with Crippen molar-refractivity contribution in [3.8, 4) is 0 Å². The van der Waals surface area contributed by atoms with Crippen LogP contribution in [0.15, 0.2) is 0 Å². The lowest BCUT2D eigenvalue weighted by molar-refractivity contribution is 0.0256. The minimum atomic E-state index is -0.406. The van der Waals surface area contributed by atoms with Crippen LogP contribution in [0.5, 0.6) is 0 Å². The number of hydrogen-bond donors (Lipinski definition) is 1. The van der Waals surface area contributed by atoms with Crippen LogP contribution in [0.1, 0.15) is 59.3 Å². The van der Waals surface area contributed by atoms with Crippen molar-refractivity contribution in [1.82, 2.24) is 15.1 Å². The molecule has 0 spiro atoms. The first-order valence-electron chi connectivity index (χ1n) is 9.40. The number of rotatable bonds is 2. The SMILES string of the molecule is CC(C)(C)OC(=O)N1CCCC(NC2CCN3CCCC23)CC1. The van der Waals surface area contributed by atoms with Crippen LogP contribution in [-0.2, 0) is 4.74 Å². The third kappa shape index (κ3) is 4.38. The van der Waals surface area contributed by atoms with E-state index < -0.39 is 5.60 Å². The van der Waals surface area contributed by atoms with Crippen molar-refractivity contribution in [2.75, 3.05) is 26.2 Å². The van der Waals surface area contributed by atoms with Gasteiger partial charge in [0, 0.05) is 37.8 Å². The molecule has 0 aromatic carbocycles. The van der Waals surface area contributed by atoms with E-state index >= 15 is 0 Å². The first-order valence-corrected chi connectivity index (χ1v) is 9.40. The lowest BCUT2D eigenvalue weighted by Crippen LogP contribution is -2.45. The number of fused-ring (bicyclic) bond motifs is 1. The molecule has 132 valence electrons. The van der Waals surface area contributed by atoms with Gasteiger partial charge in [0.25, 0.3) is 0 Å². The molecule has 1 N–H and O–H groups in total. The maximum Gasteiger partial charge on any atom is 0.410 e. The quantitative estimate of drug-likeness (QED) is 0.848. The molecule has 0 bridgehead atoms. The standard InChI is InChI=1S/C18H33N3O2/c1-18(2,3)23-17(22)21-11-4-6-14(8-12-21)19-15-9-13-20-10-5-7-16(15)20/h14-16,19H,4-13H2,1-3H3. The van der Waals surface area contributed by atoms with E-state index in [1.807, 2.05) is 25.7 Å². The fourth-order valence-electron chi connectivity index (χ4n) is 4.35. The maximum absolute atomic E-state index is 12.2. The average molecular weight is 323 g/mol. The monoisotopic (exact) mass is 323 g/mol. The molecule has 5 heteroatoms. The van der Waals surface area contributed by atoms with Crippen molar-refractivity contribution in [2.24, 2.45) is 0 Å². The van der Waals surface area contributed by atoms with E-state index in [1.54, 1.807) is 0 Å². The molecule has 0 aromatic heterocycles. The van der Waals surface area contributed by atoms with E-state index in [0.29, 0.717) is 12.1 Å². The second-order valence-corrected chi connectivity index (χ2v) is 8.40. The zero-order valence-corrected chi connectivity index (χ0v) is 15.0. The Hall–Kier alpha value is -0.810. The highest BCUT2D eigenvalue weighted by Crippen LogP contribution is 2.29. The molecule has 23 heavy (non-hydrogen) atoms. The van der Waals surface area contributed by atoms with Crippen LogP contribution in [0.25, 0.3) is 0 Å². The fourth-order valence-corrected chi connectivity index (χ4v) is 4.35. The van der Waals surface area contributed by atoms with E-state index in [4.69, 9.17) is 4.74 Å². The van der Waals surface area contributed by atoms with Gasteiger partial charge in [-0.2, -0.15) is 0 Å². The van der Waals surface area contributed by atoms with Gasteiger partial charge in [0.2, 0.25) is 0 Å². The second kappa shape index (κ2) is 6.98. The predicted octanol–water partition coefficient (Wildman–Crippen LogP) is 2.60. The van der Waals surface area contributed by atoms with Crippen molar-refractivity contribution >= 4 is 6.09 Å². The molecule has 3 aliphatic rings.